The van der Waals surface area contributed by atoms with Crippen LogP contribution in [-0.4, -0.2) is 17.0 Å². The second kappa shape index (κ2) is 5.79. The van der Waals surface area contributed by atoms with Gasteiger partial charge in [-0.1, -0.05) is 6.92 Å². The van der Waals surface area contributed by atoms with Gasteiger partial charge in [0.25, 0.3) is 0 Å². The van der Waals surface area contributed by atoms with E-state index in [4.69, 9.17) is 5.26 Å². The molecule has 0 saturated carbocycles. The van der Waals surface area contributed by atoms with E-state index < -0.39 is 0 Å². The first-order valence-electron chi connectivity index (χ1n) is 5.78. The van der Waals surface area contributed by atoms with Crippen LogP contribution < -0.4 is 5.32 Å². The number of anilines is 1. The number of nitrogens with one attached hydrogen (secondary N) is 1. The Hall–Kier alpha value is -0.660. The Morgan fingerprint density at radius 2 is 2.35 bits per heavy atom. The Labute approximate surface area is 115 Å². The number of hydrogen-bond donors (Lipinski definition) is 1. The lowest BCUT2D eigenvalue weighted by Gasteiger charge is -2.30. The third-order valence-electron chi connectivity index (χ3n) is 3.05. The molecule has 0 radical (unpaired) electrons. The van der Waals surface area contributed by atoms with Gasteiger partial charge in [0.05, 0.1) is 11.6 Å². The van der Waals surface area contributed by atoms with Gasteiger partial charge < -0.3 is 5.32 Å². The molecule has 4 heteroatoms. The maximum atomic E-state index is 8.82. The minimum absolute atomic E-state index is 0.526. The maximum Gasteiger partial charge on any atom is 0.0992 e. The average molecular weight is 311 g/mol. The number of nitriles is 1. The molecule has 1 saturated heterocycles. The van der Waals surface area contributed by atoms with Gasteiger partial charge in [0.15, 0.2) is 0 Å². The van der Waals surface area contributed by atoms with Crippen molar-refractivity contribution in [3.63, 3.8) is 0 Å². The van der Waals surface area contributed by atoms with E-state index in [1.807, 2.05) is 30.0 Å². The fraction of sp³-hybridized carbons (Fsp3) is 0.462. The molecule has 1 fully saturated rings. The second-order valence-corrected chi connectivity index (χ2v) is 6.61. The van der Waals surface area contributed by atoms with Crippen LogP contribution in [0.1, 0.15) is 25.3 Å². The Morgan fingerprint density at radius 1 is 1.53 bits per heavy atom. The smallest absolute Gasteiger partial charge is 0.0992 e. The van der Waals surface area contributed by atoms with Gasteiger partial charge in [0.1, 0.15) is 0 Å². The quantitative estimate of drug-likeness (QED) is 0.896. The van der Waals surface area contributed by atoms with Gasteiger partial charge in [-0.15, -0.1) is 0 Å². The van der Waals surface area contributed by atoms with Gasteiger partial charge in [-0.25, -0.2) is 0 Å². The van der Waals surface area contributed by atoms with Crippen molar-refractivity contribution < 1.29 is 0 Å². The van der Waals surface area contributed by atoms with Crippen LogP contribution in [0.5, 0.6) is 0 Å². The molecule has 90 valence electrons. The van der Waals surface area contributed by atoms with Gasteiger partial charge >= 0.3 is 0 Å². The molecule has 0 bridgehead atoms. The Kier molecular flexibility index (Phi) is 4.36. The number of benzene rings is 1. The molecule has 0 aliphatic carbocycles. The van der Waals surface area contributed by atoms with E-state index in [0.29, 0.717) is 16.9 Å². The highest BCUT2D eigenvalue weighted by Gasteiger charge is 2.21. The molecule has 1 aliphatic heterocycles. The van der Waals surface area contributed by atoms with Crippen LogP contribution in [0.15, 0.2) is 22.7 Å². The first kappa shape index (κ1) is 12.8. The van der Waals surface area contributed by atoms with Crippen molar-refractivity contribution in [3.8, 4) is 6.07 Å². The van der Waals surface area contributed by atoms with Crippen molar-refractivity contribution in [2.75, 3.05) is 11.1 Å². The van der Waals surface area contributed by atoms with Crippen LogP contribution in [0.25, 0.3) is 0 Å². The predicted octanol–water partition coefficient (Wildman–Crippen LogP) is 4.02. The third-order valence-corrected chi connectivity index (χ3v) is 5.08. The summed E-state index contributed by atoms with van der Waals surface area (Å²) in [5.74, 6) is 1.27. The van der Waals surface area contributed by atoms with E-state index in [2.05, 4.69) is 34.2 Å². The van der Waals surface area contributed by atoms with Gasteiger partial charge in [-0.05, 0) is 52.7 Å². The molecule has 1 N–H and O–H groups in total. The molecule has 1 aromatic rings. The van der Waals surface area contributed by atoms with E-state index in [-0.39, 0.29) is 0 Å². The average Bonchev–Trinajstić information content (AvgIpc) is 2.34. The van der Waals surface area contributed by atoms with Crippen molar-refractivity contribution in [1.82, 2.24) is 0 Å². The Bertz CT molecular complexity index is 442. The largest absolute Gasteiger partial charge is 0.380 e. The summed E-state index contributed by atoms with van der Waals surface area (Å²) in [5.41, 5.74) is 1.77. The molecule has 2 nitrogen and oxygen atoms in total. The fourth-order valence-corrected chi connectivity index (χ4v) is 3.65. The van der Waals surface area contributed by atoms with Crippen LogP contribution in [0.2, 0.25) is 0 Å². The lowest BCUT2D eigenvalue weighted by atomic mass is 10.1. The zero-order valence-electron chi connectivity index (χ0n) is 9.74. The Morgan fingerprint density at radius 3 is 3.00 bits per heavy atom. The topological polar surface area (TPSA) is 35.8 Å². The zero-order valence-corrected chi connectivity index (χ0v) is 12.1. The highest BCUT2D eigenvalue weighted by molar-refractivity contribution is 9.10. The highest BCUT2D eigenvalue weighted by atomic mass is 79.9. The second-order valence-electron chi connectivity index (χ2n) is 4.28. The number of rotatable bonds is 2. The number of halogens is 1. The molecular weight excluding hydrogens is 296 g/mol. The first-order chi connectivity index (χ1) is 8.20. The van der Waals surface area contributed by atoms with E-state index >= 15 is 0 Å². The summed E-state index contributed by atoms with van der Waals surface area (Å²) in [6.45, 7) is 2.28. The van der Waals surface area contributed by atoms with E-state index in [1.165, 1.54) is 18.6 Å². The summed E-state index contributed by atoms with van der Waals surface area (Å²) >= 11 is 5.54. The summed E-state index contributed by atoms with van der Waals surface area (Å²) < 4.78 is 0.972. The number of nitrogens with zero attached hydrogens (tertiary/aromatic N) is 1. The van der Waals surface area contributed by atoms with Crippen molar-refractivity contribution >= 4 is 33.4 Å². The molecule has 2 atom stereocenters. The van der Waals surface area contributed by atoms with Gasteiger partial charge in [-0.3, -0.25) is 0 Å². The highest BCUT2D eigenvalue weighted by Crippen LogP contribution is 2.30. The molecule has 0 amide bonds. The molecule has 0 spiro atoms. The van der Waals surface area contributed by atoms with Gasteiger partial charge in [-0.2, -0.15) is 17.0 Å². The van der Waals surface area contributed by atoms with Crippen LogP contribution in [0, 0.1) is 11.3 Å². The van der Waals surface area contributed by atoms with E-state index in [0.717, 1.165) is 10.2 Å². The van der Waals surface area contributed by atoms with Crippen molar-refractivity contribution in [2.45, 2.75) is 31.1 Å². The molecule has 2 rings (SSSR count). The molecule has 17 heavy (non-hydrogen) atoms. The standard InChI is InChI=1S/C13H15BrN2S/c1-9-12(3-2-6-17-9)16-13-5-4-10(8-15)7-11(13)14/h4-5,7,9,12,16H,2-3,6H2,1H3. The third kappa shape index (κ3) is 3.17. The fourth-order valence-electron chi connectivity index (χ4n) is 2.01. The molecule has 0 aromatic heterocycles. The van der Waals surface area contributed by atoms with Crippen molar-refractivity contribution in [2.24, 2.45) is 0 Å². The number of hydrogen-bond acceptors (Lipinski definition) is 3. The van der Waals surface area contributed by atoms with E-state index in [1.54, 1.807) is 0 Å². The summed E-state index contributed by atoms with van der Waals surface area (Å²) in [5, 5.41) is 13.0. The van der Waals surface area contributed by atoms with E-state index in [9.17, 15) is 0 Å². The summed E-state index contributed by atoms with van der Waals surface area (Å²) in [6.07, 6.45) is 2.50. The molecule has 2 unspecified atom stereocenters. The monoisotopic (exact) mass is 310 g/mol. The maximum absolute atomic E-state index is 8.82. The predicted molar refractivity (Wildman–Crippen MR) is 77.4 cm³/mol. The lowest BCUT2D eigenvalue weighted by Crippen LogP contribution is -2.32. The molecular formula is C13H15BrN2S. The summed E-state index contributed by atoms with van der Waals surface area (Å²) in [4.78, 5) is 0. The lowest BCUT2D eigenvalue weighted by molar-refractivity contribution is 0.617. The molecule has 1 heterocycles. The number of thioether (sulfide) groups is 1. The van der Waals surface area contributed by atoms with Crippen LogP contribution in [0.3, 0.4) is 0 Å². The molecule has 1 aromatic carbocycles. The Balaban J connectivity index is 2.10. The normalized spacial score (nSPS) is 24.1. The zero-order chi connectivity index (χ0) is 12.3. The minimum Gasteiger partial charge on any atom is -0.380 e. The van der Waals surface area contributed by atoms with Crippen LogP contribution in [0.4, 0.5) is 5.69 Å². The van der Waals surface area contributed by atoms with Crippen LogP contribution >= 0.6 is 27.7 Å². The first-order valence-corrected chi connectivity index (χ1v) is 7.62. The van der Waals surface area contributed by atoms with Gasteiger partial charge in [0.2, 0.25) is 0 Å². The summed E-state index contributed by atoms with van der Waals surface area (Å²) in [6, 6.07) is 8.37. The van der Waals surface area contributed by atoms with Crippen LogP contribution in [-0.2, 0) is 0 Å². The minimum atomic E-state index is 0.526. The van der Waals surface area contributed by atoms with Gasteiger partial charge in [0, 0.05) is 21.5 Å². The summed E-state index contributed by atoms with van der Waals surface area (Å²) in [7, 11) is 0. The SMILES string of the molecule is CC1SCCCC1Nc1ccc(C#N)cc1Br. The van der Waals surface area contributed by atoms with Crippen molar-refractivity contribution in [3.05, 3.63) is 28.2 Å². The molecule has 1 aliphatic rings. The van der Waals surface area contributed by atoms with Crippen molar-refractivity contribution in [1.29, 1.82) is 5.26 Å².